The van der Waals surface area contributed by atoms with Crippen LogP contribution < -0.4 is 5.32 Å². The van der Waals surface area contributed by atoms with Crippen molar-refractivity contribution in [3.05, 3.63) is 36.2 Å². The molecule has 0 aliphatic rings. The molecule has 0 bridgehead atoms. The summed E-state index contributed by atoms with van der Waals surface area (Å²) in [4.78, 5) is 8.20. The Bertz CT molecular complexity index is 481. The fourth-order valence-electron chi connectivity index (χ4n) is 2.02. The Morgan fingerprint density at radius 3 is 2.63 bits per heavy atom. The van der Waals surface area contributed by atoms with E-state index < -0.39 is 0 Å². The first-order chi connectivity index (χ1) is 9.36. The quantitative estimate of drug-likeness (QED) is 0.818. The van der Waals surface area contributed by atoms with Crippen LogP contribution in [0.25, 0.3) is 0 Å². The summed E-state index contributed by atoms with van der Waals surface area (Å²) in [6.07, 6.45) is 9.13. The van der Waals surface area contributed by atoms with Crippen LogP contribution in [-0.4, -0.2) is 31.5 Å². The minimum absolute atomic E-state index is 0.0442. The Kier molecular flexibility index (Phi) is 4.97. The van der Waals surface area contributed by atoms with Crippen LogP contribution >= 0.6 is 0 Å². The van der Waals surface area contributed by atoms with Gasteiger partial charge in [0.1, 0.15) is 6.33 Å². The summed E-state index contributed by atoms with van der Waals surface area (Å²) in [5.74, 6) is 0. The van der Waals surface area contributed by atoms with Gasteiger partial charge in [-0.3, -0.25) is 0 Å². The van der Waals surface area contributed by atoms with Gasteiger partial charge in [-0.1, -0.05) is 19.1 Å². The minimum Gasteiger partial charge on any atom is -0.305 e. The van der Waals surface area contributed by atoms with Gasteiger partial charge in [0.2, 0.25) is 0 Å². The molecule has 0 amide bonds. The van der Waals surface area contributed by atoms with E-state index >= 15 is 0 Å². The number of nitrogens with zero attached hydrogens (tertiary/aromatic N) is 5. The standard InChI is InChI=1S/C13H20N6/c1-3-5-16-13(11-7-14-10-15-8-11)12-9-17-18-19(12)6-4-2/h7-10,13,16H,3-6H2,1-2H3. The molecule has 0 saturated carbocycles. The molecule has 1 unspecified atom stereocenters. The summed E-state index contributed by atoms with van der Waals surface area (Å²) in [6, 6.07) is 0.0442. The molecule has 0 radical (unpaired) electrons. The highest BCUT2D eigenvalue weighted by Gasteiger charge is 2.18. The van der Waals surface area contributed by atoms with Crippen LogP contribution in [0.2, 0.25) is 0 Å². The van der Waals surface area contributed by atoms with Crippen molar-refractivity contribution < 1.29 is 0 Å². The SMILES string of the molecule is CCCNC(c1cncnc1)c1cnnn1CCC. The maximum atomic E-state index is 4.15. The van der Waals surface area contributed by atoms with Gasteiger partial charge in [0.25, 0.3) is 0 Å². The predicted molar refractivity (Wildman–Crippen MR) is 72.5 cm³/mol. The molecule has 2 heterocycles. The first kappa shape index (κ1) is 13.6. The van der Waals surface area contributed by atoms with Crippen molar-refractivity contribution in [2.45, 2.75) is 39.3 Å². The maximum absolute atomic E-state index is 4.15. The normalized spacial score (nSPS) is 12.5. The molecule has 0 fully saturated rings. The average Bonchev–Trinajstić information content (AvgIpc) is 2.89. The van der Waals surface area contributed by atoms with E-state index in [0.29, 0.717) is 0 Å². The molecule has 0 saturated heterocycles. The van der Waals surface area contributed by atoms with E-state index in [0.717, 1.165) is 37.2 Å². The maximum Gasteiger partial charge on any atom is 0.115 e. The molecule has 6 nitrogen and oxygen atoms in total. The minimum atomic E-state index is 0.0442. The zero-order valence-corrected chi connectivity index (χ0v) is 11.5. The summed E-state index contributed by atoms with van der Waals surface area (Å²) in [5, 5.41) is 11.7. The van der Waals surface area contributed by atoms with E-state index in [1.807, 2.05) is 23.3 Å². The van der Waals surface area contributed by atoms with Gasteiger partial charge in [0.05, 0.1) is 17.9 Å². The van der Waals surface area contributed by atoms with Crippen LogP contribution in [0.15, 0.2) is 24.9 Å². The van der Waals surface area contributed by atoms with Crippen molar-refractivity contribution in [2.24, 2.45) is 0 Å². The average molecular weight is 260 g/mol. The summed E-state index contributed by atoms with van der Waals surface area (Å²) >= 11 is 0. The second-order valence-corrected chi connectivity index (χ2v) is 4.44. The summed E-state index contributed by atoms with van der Waals surface area (Å²) in [5.41, 5.74) is 2.10. The number of aromatic nitrogens is 5. The molecular weight excluding hydrogens is 240 g/mol. The Morgan fingerprint density at radius 1 is 1.16 bits per heavy atom. The van der Waals surface area contributed by atoms with Crippen LogP contribution in [0.5, 0.6) is 0 Å². The number of hydrogen-bond donors (Lipinski definition) is 1. The van der Waals surface area contributed by atoms with E-state index in [4.69, 9.17) is 0 Å². The van der Waals surface area contributed by atoms with Crippen molar-refractivity contribution in [1.82, 2.24) is 30.3 Å². The van der Waals surface area contributed by atoms with Crippen LogP contribution in [0.1, 0.15) is 44.0 Å². The van der Waals surface area contributed by atoms with Crippen molar-refractivity contribution in [3.63, 3.8) is 0 Å². The zero-order chi connectivity index (χ0) is 13.5. The third kappa shape index (κ3) is 3.35. The topological polar surface area (TPSA) is 68.5 Å². The lowest BCUT2D eigenvalue weighted by molar-refractivity contribution is 0.503. The molecule has 2 aromatic rings. The lowest BCUT2D eigenvalue weighted by Crippen LogP contribution is -2.26. The number of aryl methyl sites for hydroxylation is 1. The Balaban J connectivity index is 2.29. The van der Waals surface area contributed by atoms with Gasteiger partial charge in [-0.2, -0.15) is 0 Å². The van der Waals surface area contributed by atoms with Crippen LogP contribution in [0.3, 0.4) is 0 Å². The second-order valence-electron chi connectivity index (χ2n) is 4.44. The molecule has 19 heavy (non-hydrogen) atoms. The zero-order valence-electron chi connectivity index (χ0n) is 11.5. The number of hydrogen-bond acceptors (Lipinski definition) is 5. The number of rotatable bonds is 7. The molecular formula is C13H20N6. The monoisotopic (exact) mass is 260 g/mol. The van der Waals surface area contributed by atoms with Gasteiger partial charge in [-0.15, -0.1) is 5.10 Å². The second kappa shape index (κ2) is 6.94. The fraction of sp³-hybridized carbons (Fsp3) is 0.538. The van der Waals surface area contributed by atoms with E-state index in [-0.39, 0.29) is 6.04 Å². The Labute approximate surface area is 113 Å². The smallest absolute Gasteiger partial charge is 0.115 e. The van der Waals surface area contributed by atoms with Crippen molar-refractivity contribution in [1.29, 1.82) is 0 Å². The van der Waals surface area contributed by atoms with Gasteiger partial charge in [-0.05, 0) is 19.4 Å². The molecule has 102 valence electrons. The molecule has 0 aliphatic carbocycles. The van der Waals surface area contributed by atoms with Crippen LogP contribution in [-0.2, 0) is 6.54 Å². The molecule has 2 rings (SSSR count). The van der Waals surface area contributed by atoms with E-state index in [1.165, 1.54) is 0 Å². The predicted octanol–water partition coefficient (Wildman–Crippen LogP) is 1.57. The summed E-state index contributed by atoms with van der Waals surface area (Å²) < 4.78 is 1.94. The third-order valence-corrected chi connectivity index (χ3v) is 2.89. The van der Waals surface area contributed by atoms with Crippen molar-refractivity contribution in [2.75, 3.05) is 6.54 Å². The van der Waals surface area contributed by atoms with Crippen LogP contribution in [0, 0.1) is 0 Å². The molecule has 0 aliphatic heterocycles. The molecule has 1 atom stereocenters. The first-order valence-electron chi connectivity index (χ1n) is 6.73. The first-order valence-corrected chi connectivity index (χ1v) is 6.73. The van der Waals surface area contributed by atoms with Gasteiger partial charge < -0.3 is 5.32 Å². The highest BCUT2D eigenvalue weighted by molar-refractivity contribution is 5.21. The van der Waals surface area contributed by atoms with E-state index in [9.17, 15) is 0 Å². The van der Waals surface area contributed by atoms with Gasteiger partial charge in [0, 0.05) is 24.5 Å². The Morgan fingerprint density at radius 2 is 1.95 bits per heavy atom. The van der Waals surface area contributed by atoms with Crippen molar-refractivity contribution >= 4 is 0 Å². The largest absolute Gasteiger partial charge is 0.305 e. The Hall–Kier alpha value is -1.82. The lowest BCUT2D eigenvalue weighted by atomic mass is 10.1. The third-order valence-electron chi connectivity index (χ3n) is 2.89. The van der Waals surface area contributed by atoms with Gasteiger partial charge >= 0.3 is 0 Å². The van der Waals surface area contributed by atoms with Gasteiger partial charge in [0.15, 0.2) is 0 Å². The van der Waals surface area contributed by atoms with E-state index in [1.54, 1.807) is 6.33 Å². The highest BCUT2D eigenvalue weighted by Crippen LogP contribution is 2.20. The van der Waals surface area contributed by atoms with E-state index in [2.05, 4.69) is 39.4 Å². The summed E-state index contributed by atoms with van der Waals surface area (Å²) in [6.45, 7) is 6.07. The molecule has 2 aromatic heterocycles. The van der Waals surface area contributed by atoms with Crippen molar-refractivity contribution in [3.8, 4) is 0 Å². The van der Waals surface area contributed by atoms with Crippen LogP contribution in [0.4, 0.5) is 0 Å². The molecule has 6 heteroatoms. The van der Waals surface area contributed by atoms with Gasteiger partial charge in [-0.25, -0.2) is 14.6 Å². The summed E-state index contributed by atoms with van der Waals surface area (Å²) in [7, 11) is 0. The lowest BCUT2D eigenvalue weighted by Gasteiger charge is -2.18. The highest BCUT2D eigenvalue weighted by atomic mass is 15.4. The fourth-order valence-corrected chi connectivity index (χ4v) is 2.02. The molecule has 0 aromatic carbocycles. The molecule has 0 spiro atoms. The molecule has 1 N–H and O–H groups in total. The number of nitrogens with one attached hydrogen (secondary N) is 1.